The summed E-state index contributed by atoms with van der Waals surface area (Å²) in [5, 5.41) is 4.90. The standard InChI is InChI=1S/C15H21N3O4/c1-10-6-5-7-11(2)14(10)16-12(19)8-18(3)9-13(20)17-15(21)22-4/h5-7H,8-9H2,1-4H3,(H,16,19)(H,17,20,21)/p+1. The Morgan fingerprint density at radius 3 is 2.18 bits per heavy atom. The van der Waals surface area contributed by atoms with Crippen LogP contribution >= 0.6 is 0 Å². The zero-order chi connectivity index (χ0) is 16.7. The number of methoxy groups -OCH3 is 1. The third-order valence-corrected chi connectivity index (χ3v) is 3.10. The second kappa shape index (κ2) is 8.14. The van der Waals surface area contributed by atoms with E-state index >= 15 is 0 Å². The lowest BCUT2D eigenvalue weighted by Crippen LogP contribution is -3.11. The van der Waals surface area contributed by atoms with Gasteiger partial charge in [0, 0.05) is 5.69 Å². The number of imide groups is 1. The van der Waals surface area contributed by atoms with Crippen LogP contribution in [0.15, 0.2) is 18.2 Å². The maximum Gasteiger partial charge on any atom is 0.413 e. The van der Waals surface area contributed by atoms with E-state index in [0.717, 1.165) is 16.8 Å². The lowest BCUT2D eigenvalue weighted by Gasteiger charge is -2.15. The molecule has 0 aliphatic carbocycles. The van der Waals surface area contributed by atoms with Gasteiger partial charge in [-0.1, -0.05) is 18.2 Å². The number of likely N-dealkylation sites (N-methyl/N-ethyl adjacent to an activating group) is 1. The molecule has 3 N–H and O–H groups in total. The first-order valence-corrected chi connectivity index (χ1v) is 6.88. The van der Waals surface area contributed by atoms with Gasteiger partial charge in [-0.25, -0.2) is 4.79 Å². The number of nitrogens with one attached hydrogen (secondary N) is 3. The number of anilines is 1. The van der Waals surface area contributed by atoms with Crippen LogP contribution in [0.4, 0.5) is 10.5 Å². The SMILES string of the molecule is COC(=O)NC(=O)C[NH+](C)CC(=O)Nc1c(C)cccc1C. The zero-order valence-corrected chi connectivity index (χ0v) is 13.3. The number of amides is 3. The summed E-state index contributed by atoms with van der Waals surface area (Å²) in [4.78, 5) is 35.1. The van der Waals surface area contributed by atoms with E-state index in [1.807, 2.05) is 37.4 Å². The fraction of sp³-hybridized carbons (Fsp3) is 0.400. The Hall–Kier alpha value is -2.41. The fourth-order valence-electron chi connectivity index (χ4n) is 2.01. The Kier molecular flexibility index (Phi) is 6.52. The Morgan fingerprint density at radius 2 is 1.64 bits per heavy atom. The fourth-order valence-corrected chi connectivity index (χ4v) is 2.01. The number of hydrogen-bond acceptors (Lipinski definition) is 4. The van der Waals surface area contributed by atoms with E-state index in [9.17, 15) is 14.4 Å². The topological polar surface area (TPSA) is 88.9 Å². The molecule has 0 saturated carbocycles. The molecule has 1 rings (SSSR count). The smallest absolute Gasteiger partial charge is 0.413 e. The molecule has 7 nitrogen and oxygen atoms in total. The molecule has 0 spiro atoms. The molecule has 0 aliphatic rings. The highest BCUT2D eigenvalue weighted by atomic mass is 16.5. The monoisotopic (exact) mass is 308 g/mol. The third-order valence-electron chi connectivity index (χ3n) is 3.10. The highest BCUT2D eigenvalue weighted by molar-refractivity contribution is 5.94. The van der Waals surface area contributed by atoms with Gasteiger partial charge in [-0.2, -0.15) is 0 Å². The molecule has 0 radical (unpaired) electrons. The molecule has 1 atom stereocenters. The average Bonchev–Trinajstić information content (AvgIpc) is 2.42. The molecule has 0 heterocycles. The minimum Gasteiger partial charge on any atom is -0.453 e. The van der Waals surface area contributed by atoms with Crippen molar-refractivity contribution in [3.05, 3.63) is 29.3 Å². The molecule has 7 heteroatoms. The van der Waals surface area contributed by atoms with Crippen molar-refractivity contribution < 1.29 is 24.0 Å². The quantitative estimate of drug-likeness (QED) is 0.693. The van der Waals surface area contributed by atoms with Crippen molar-refractivity contribution in [3.63, 3.8) is 0 Å². The van der Waals surface area contributed by atoms with Gasteiger partial charge in [0.15, 0.2) is 13.1 Å². The summed E-state index contributed by atoms with van der Waals surface area (Å²) < 4.78 is 4.33. The van der Waals surface area contributed by atoms with Crippen LogP contribution in [0.3, 0.4) is 0 Å². The van der Waals surface area contributed by atoms with Crippen LogP contribution in [0.25, 0.3) is 0 Å². The number of carbonyl (C=O) groups excluding carboxylic acids is 3. The number of para-hydroxylation sites is 1. The maximum absolute atomic E-state index is 12.0. The van der Waals surface area contributed by atoms with Gasteiger partial charge in [0.05, 0.1) is 14.2 Å². The predicted octanol–water partition coefficient (Wildman–Crippen LogP) is -0.361. The summed E-state index contributed by atoms with van der Waals surface area (Å²) in [5.74, 6) is -0.690. The van der Waals surface area contributed by atoms with E-state index in [-0.39, 0.29) is 19.0 Å². The average molecular weight is 308 g/mol. The van der Waals surface area contributed by atoms with Crippen LogP contribution in [0.2, 0.25) is 0 Å². The van der Waals surface area contributed by atoms with Crippen LogP contribution in [0.1, 0.15) is 11.1 Å². The summed E-state index contributed by atoms with van der Waals surface area (Å²) in [6.45, 7) is 3.95. The lowest BCUT2D eigenvalue weighted by atomic mass is 10.1. The number of hydrogen-bond donors (Lipinski definition) is 3. The van der Waals surface area contributed by atoms with Crippen molar-refractivity contribution in [2.45, 2.75) is 13.8 Å². The van der Waals surface area contributed by atoms with Crippen LogP contribution < -0.4 is 15.5 Å². The highest BCUT2D eigenvalue weighted by Crippen LogP contribution is 2.18. The normalized spacial score (nSPS) is 11.5. The second-order valence-electron chi connectivity index (χ2n) is 5.17. The Balaban J connectivity index is 2.51. The summed E-state index contributed by atoms with van der Waals surface area (Å²) in [7, 11) is 2.87. The largest absolute Gasteiger partial charge is 0.453 e. The van der Waals surface area contributed by atoms with Crippen LogP contribution in [0.5, 0.6) is 0 Å². The lowest BCUT2D eigenvalue weighted by molar-refractivity contribution is -0.862. The van der Waals surface area contributed by atoms with Gasteiger partial charge in [0.1, 0.15) is 0 Å². The van der Waals surface area contributed by atoms with Crippen molar-refractivity contribution in [2.24, 2.45) is 0 Å². The molecule has 0 fully saturated rings. The second-order valence-corrected chi connectivity index (χ2v) is 5.17. The van der Waals surface area contributed by atoms with Gasteiger partial charge in [-0.05, 0) is 25.0 Å². The number of benzene rings is 1. The van der Waals surface area contributed by atoms with Gasteiger partial charge < -0.3 is 15.0 Å². The molecule has 22 heavy (non-hydrogen) atoms. The number of aryl methyl sites for hydroxylation is 2. The third kappa shape index (κ3) is 5.53. The Labute approximate surface area is 129 Å². The Bertz CT molecular complexity index is 552. The highest BCUT2D eigenvalue weighted by Gasteiger charge is 2.17. The van der Waals surface area contributed by atoms with Gasteiger partial charge >= 0.3 is 6.09 Å². The number of alkyl carbamates (subject to hydrolysis) is 1. The van der Waals surface area contributed by atoms with Crippen LogP contribution in [-0.4, -0.2) is 45.2 Å². The van der Waals surface area contributed by atoms with Gasteiger partial charge in [0.25, 0.3) is 11.8 Å². The molecule has 0 aliphatic heterocycles. The molecule has 0 bridgehead atoms. The summed E-state index contributed by atoms with van der Waals surface area (Å²) >= 11 is 0. The number of ether oxygens (including phenoxy) is 1. The molecular weight excluding hydrogens is 286 g/mol. The molecule has 0 aromatic heterocycles. The predicted molar refractivity (Wildman–Crippen MR) is 81.7 cm³/mol. The van der Waals surface area contributed by atoms with Crippen molar-refractivity contribution in [1.82, 2.24) is 5.32 Å². The number of rotatable bonds is 5. The number of carbonyl (C=O) groups is 3. The van der Waals surface area contributed by atoms with E-state index in [2.05, 4.69) is 10.1 Å². The van der Waals surface area contributed by atoms with Crippen LogP contribution in [-0.2, 0) is 14.3 Å². The molecule has 1 aromatic rings. The Morgan fingerprint density at radius 1 is 1.09 bits per heavy atom. The molecular formula is C15H22N3O4+. The van der Waals surface area contributed by atoms with Gasteiger partial charge in [0.2, 0.25) is 0 Å². The molecule has 1 aromatic carbocycles. The van der Waals surface area contributed by atoms with Crippen molar-refractivity contribution in [1.29, 1.82) is 0 Å². The van der Waals surface area contributed by atoms with E-state index in [1.165, 1.54) is 7.11 Å². The molecule has 3 amide bonds. The van der Waals surface area contributed by atoms with E-state index in [4.69, 9.17) is 0 Å². The molecule has 120 valence electrons. The minimum atomic E-state index is -0.808. The van der Waals surface area contributed by atoms with Crippen LogP contribution in [0, 0.1) is 13.8 Å². The summed E-state index contributed by atoms with van der Waals surface area (Å²) in [5.41, 5.74) is 2.75. The van der Waals surface area contributed by atoms with Gasteiger partial charge in [-0.15, -0.1) is 0 Å². The minimum absolute atomic E-state index is 0.00469. The summed E-state index contributed by atoms with van der Waals surface area (Å²) in [6, 6.07) is 5.76. The van der Waals surface area contributed by atoms with Crippen molar-refractivity contribution >= 4 is 23.6 Å². The maximum atomic E-state index is 12.0. The zero-order valence-electron chi connectivity index (χ0n) is 13.3. The van der Waals surface area contributed by atoms with Gasteiger partial charge in [-0.3, -0.25) is 14.9 Å². The van der Waals surface area contributed by atoms with E-state index < -0.39 is 12.0 Å². The first-order chi connectivity index (χ1) is 10.3. The van der Waals surface area contributed by atoms with Crippen molar-refractivity contribution in [2.75, 3.05) is 32.6 Å². The van der Waals surface area contributed by atoms with E-state index in [0.29, 0.717) is 4.90 Å². The first kappa shape index (κ1) is 17.6. The van der Waals surface area contributed by atoms with E-state index in [1.54, 1.807) is 7.05 Å². The number of quaternary nitrogens is 1. The summed E-state index contributed by atoms with van der Waals surface area (Å²) in [6.07, 6.45) is -0.808. The molecule has 0 saturated heterocycles. The van der Waals surface area contributed by atoms with Crippen molar-refractivity contribution in [3.8, 4) is 0 Å². The molecule has 1 unspecified atom stereocenters. The first-order valence-electron chi connectivity index (χ1n) is 6.88.